The normalized spacial score (nSPS) is 12.7. The van der Waals surface area contributed by atoms with Crippen LogP contribution in [0.1, 0.15) is 91.9 Å². The summed E-state index contributed by atoms with van der Waals surface area (Å²) in [6.45, 7) is 10.5. The largest absolute Gasteiger partial charge is 0.460 e. The first kappa shape index (κ1) is 63.4. The molecule has 0 unspecified atom stereocenters. The number of nitrogens with zero attached hydrogens (tertiary/aromatic N) is 8. The van der Waals surface area contributed by atoms with Gasteiger partial charge in [-0.25, -0.2) is 31.6 Å². The lowest BCUT2D eigenvalue weighted by Gasteiger charge is -2.16. The Bertz CT molecular complexity index is 3230. The molecule has 4 aromatic heterocycles. The number of carbonyl (C=O) groups excluding carboxylic acids is 2. The fourth-order valence-electron chi connectivity index (χ4n) is 6.47. The summed E-state index contributed by atoms with van der Waals surface area (Å²) >= 11 is 23.1. The second-order valence-corrected chi connectivity index (χ2v) is 20.7. The van der Waals surface area contributed by atoms with E-state index in [-0.39, 0.29) is 86.4 Å². The lowest BCUT2D eigenvalue weighted by molar-refractivity contribution is -0.138. The van der Waals surface area contributed by atoms with Crippen molar-refractivity contribution in [3.8, 4) is 23.0 Å². The summed E-state index contributed by atoms with van der Waals surface area (Å²) in [5, 5.41) is 14.2. The van der Waals surface area contributed by atoms with Crippen LogP contribution in [0.4, 0.5) is 37.7 Å². The highest BCUT2D eigenvalue weighted by molar-refractivity contribution is 7.93. The van der Waals surface area contributed by atoms with Crippen molar-refractivity contribution in [2.45, 2.75) is 81.7 Å². The third kappa shape index (κ3) is 15.6. The lowest BCUT2D eigenvalue weighted by Crippen LogP contribution is -2.20. The van der Waals surface area contributed by atoms with E-state index < -0.39 is 75.2 Å². The summed E-state index contributed by atoms with van der Waals surface area (Å²) in [7, 11) is -9.13. The number of ether oxygens (including phenoxy) is 2. The van der Waals surface area contributed by atoms with E-state index in [1.54, 1.807) is 34.6 Å². The summed E-state index contributed by atoms with van der Waals surface area (Å²) in [5.41, 5.74) is 2.13. The molecular weight excluding hydrogens is 1140 g/mol. The van der Waals surface area contributed by atoms with Crippen LogP contribution >= 0.6 is 46.4 Å². The Balaban J connectivity index is 0.000000352. The van der Waals surface area contributed by atoms with Gasteiger partial charge in [0.2, 0.25) is 11.6 Å². The van der Waals surface area contributed by atoms with Crippen molar-refractivity contribution in [2.24, 2.45) is 5.73 Å². The molecule has 1 aliphatic rings. The van der Waals surface area contributed by atoms with E-state index in [0.717, 1.165) is 37.5 Å². The molecule has 0 bridgehead atoms. The van der Waals surface area contributed by atoms with Gasteiger partial charge in [-0.15, -0.1) is 20.4 Å². The topological polar surface area (TPSA) is 325 Å². The highest BCUT2D eigenvalue weighted by Gasteiger charge is 2.37. The third-order valence-electron chi connectivity index (χ3n) is 9.66. The predicted molar refractivity (Wildman–Crippen MR) is 265 cm³/mol. The van der Waals surface area contributed by atoms with Gasteiger partial charge >= 0.3 is 18.3 Å². The average molecular weight is 1180 g/mol. The van der Waals surface area contributed by atoms with E-state index in [1.165, 1.54) is 46.5 Å². The quantitative estimate of drug-likeness (QED) is 0.0618. The van der Waals surface area contributed by atoms with Gasteiger partial charge in [0.1, 0.15) is 11.4 Å². The molecule has 0 aliphatic carbocycles. The van der Waals surface area contributed by atoms with Gasteiger partial charge in [-0.2, -0.15) is 26.3 Å². The van der Waals surface area contributed by atoms with Crippen LogP contribution in [-0.2, 0) is 41.9 Å². The number of hydrogen-bond donors (Lipinski definition) is 4. The minimum Gasteiger partial charge on any atom is -0.460 e. The molecule has 33 heteroatoms. The number of carbonyl (C=O) groups is 2. The Kier molecular flexibility index (Phi) is 21.8. The third-order valence-corrected chi connectivity index (χ3v) is 13.5. The zero-order chi connectivity index (χ0) is 54.4. The molecule has 410 valence electrons. The summed E-state index contributed by atoms with van der Waals surface area (Å²) in [6, 6.07) is 5.93. The molecule has 1 aliphatic heterocycles. The first-order chi connectivity index (χ1) is 34.0. The lowest BCUT2D eigenvalue weighted by atomic mass is 10.2. The minimum atomic E-state index is -4.87. The number of aromatic nitrogens is 8. The van der Waals surface area contributed by atoms with Gasteiger partial charge in [0.05, 0.1) is 59.0 Å². The van der Waals surface area contributed by atoms with Crippen molar-refractivity contribution >= 4 is 89.7 Å². The highest BCUT2D eigenvalue weighted by Crippen LogP contribution is 2.39. The molecule has 6 aromatic rings. The van der Waals surface area contributed by atoms with Crippen LogP contribution < -0.4 is 21.3 Å². The number of nitrogens with one attached hydrogen (secondary N) is 2. The number of benzene rings is 2. The molecule has 75 heavy (non-hydrogen) atoms. The van der Waals surface area contributed by atoms with Gasteiger partial charge in [-0.3, -0.25) is 23.4 Å². The summed E-state index contributed by atoms with van der Waals surface area (Å²) in [6.07, 6.45) is -4.78. The molecule has 1 saturated heterocycles. The Labute approximate surface area is 444 Å². The zero-order valence-corrected chi connectivity index (χ0v) is 44.3. The maximum Gasteiger partial charge on any atom is 0.417 e. The van der Waals surface area contributed by atoms with Crippen LogP contribution in [0.2, 0.25) is 20.1 Å². The number of pyridine rings is 2. The van der Waals surface area contributed by atoms with Crippen LogP contribution in [0.15, 0.2) is 70.7 Å². The Morgan fingerprint density at radius 1 is 0.693 bits per heavy atom. The number of anilines is 2. The van der Waals surface area contributed by atoms with Crippen LogP contribution in [0.3, 0.4) is 0 Å². The number of primary amides is 1. The van der Waals surface area contributed by atoms with E-state index in [0.29, 0.717) is 12.1 Å². The molecule has 5 heterocycles. The maximum atomic E-state index is 13.2. The van der Waals surface area contributed by atoms with Crippen LogP contribution in [-0.4, -0.2) is 93.5 Å². The second kappa shape index (κ2) is 25.7. The summed E-state index contributed by atoms with van der Waals surface area (Å²) in [4.78, 5) is 30.8. The molecular formula is C42H46Cl4F6N12O9S2. The molecule has 7 rings (SSSR count). The number of sulfonamides is 2. The monoisotopic (exact) mass is 1180 g/mol. The maximum absolute atomic E-state index is 13.2. The van der Waals surface area contributed by atoms with Gasteiger partial charge < -0.3 is 26.8 Å². The number of esters is 1. The van der Waals surface area contributed by atoms with Crippen LogP contribution in [0.5, 0.6) is 0 Å². The predicted octanol–water partition coefficient (Wildman–Crippen LogP) is 9.50. The van der Waals surface area contributed by atoms with E-state index in [2.05, 4.69) is 39.8 Å². The molecule has 0 radical (unpaired) electrons. The van der Waals surface area contributed by atoms with E-state index >= 15 is 0 Å². The number of amides is 1. The van der Waals surface area contributed by atoms with Crippen molar-refractivity contribution in [2.75, 3.05) is 29.3 Å². The second-order valence-electron chi connectivity index (χ2n) is 15.6. The molecule has 0 spiro atoms. The van der Waals surface area contributed by atoms with Crippen LogP contribution in [0, 0.1) is 0 Å². The van der Waals surface area contributed by atoms with E-state index in [4.69, 9.17) is 61.6 Å². The van der Waals surface area contributed by atoms with Gasteiger partial charge in [0.15, 0.2) is 11.6 Å². The fraction of sp³-hybridized carbons (Fsp3) is 0.333. The van der Waals surface area contributed by atoms with Crippen molar-refractivity contribution < 1.29 is 67.7 Å². The number of halogens is 10. The molecule has 0 saturated carbocycles. The standard InChI is InChI=1S/C20H18Cl2F3N5O4S.C18H15Cl2F3N6O3S.C4H8O.H3N.H2O/c1-4-34-19(31)18-28-27-17(30(18)10(2)3)16-15(7-11(21)9-26-16)29-35(32,33)12-5-6-14(22)13(8-12)20(23,24)25;1-8(2)29-16(26-27-17(29)15(24)30)14-13(5-9(19)7-25-14)28-33(31,32)10-3-4-12(20)11(6-10)18(21,22)23;1-2-4-5-3-1;;/h5-10,29H,4H2,1-3H3;3-8,28H,1-2H3,(H2,24,30);1-4H2;1H3;1H2. The Morgan fingerprint density at radius 2 is 1.08 bits per heavy atom. The molecule has 0 atom stereocenters. The minimum absolute atomic E-state index is 0. The molecule has 9 N–H and O–H groups in total. The first-order valence-corrected chi connectivity index (χ1v) is 25.5. The number of alkyl halides is 6. The number of hydrogen-bond acceptors (Lipinski definition) is 15. The molecule has 1 amide bonds. The van der Waals surface area contributed by atoms with Gasteiger partial charge in [-0.1, -0.05) is 46.4 Å². The van der Waals surface area contributed by atoms with Gasteiger partial charge in [0, 0.05) is 37.7 Å². The average Bonchev–Trinajstić information content (AvgIpc) is 4.09. The summed E-state index contributed by atoms with van der Waals surface area (Å²) in [5.74, 6) is -1.98. The highest BCUT2D eigenvalue weighted by atomic mass is 35.5. The number of nitrogens with two attached hydrogens (primary N) is 1. The van der Waals surface area contributed by atoms with Gasteiger partial charge in [0.25, 0.3) is 26.0 Å². The molecule has 21 nitrogen and oxygen atoms in total. The number of rotatable bonds is 13. The van der Waals surface area contributed by atoms with Crippen molar-refractivity contribution in [1.29, 1.82) is 0 Å². The Morgan fingerprint density at radius 3 is 1.41 bits per heavy atom. The van der Waals surface area contributed by atoms with Crippen molar-refractivity contribution in [3.05, 3.63) is 104 Å². The Hall–Kier alpha value is -5.92. The first-order valence-electron chi connectivity index (χ1n) is 21.0. The summed E-state index contributed by atoms with van der Waals surface area (Å²) < 4.78 is 148. The zero-order valence-electron chi connectivity index (χ0n) is 39.7. The SMILES string of the molecule is C1CCOC1.CC(C)n1c(C(N)=O)nnc1-c1ncc(Cl)cc1NS(=O)(=O)c1ccc(Cl)c(C(F)(F)F)c1.CCOC(=O)c1nnc(-c2ncc(Cl)cc2NS(=O)(=O)c2ccc(Cl)c(C(F)(F)F)c2)n1C(C)C.N.O. The molecule has 2 aromatic carbocycles. The smallest absolute Gasteiger partial charge is 0.417 e. The van der Waals surface area contributed by atoms with E-state index in [1.807, 2.05) is 0 Å². The van der Waals surface area contributed by atoms with E-state index in [9.17, 15) is 52.8 Å². The fourth-order valence-corrected chi connectivity index (χ4v) is 9.40. The van der Waals surface area contributed by atoms with Crippen LogP contribution in [0.25, 0.3) is 23.0 Å². The van der Waals surface area contributed by atoms with Crippen molar-refractivity contribution in [3.63, 3.8) is 0 Å². The molecule has 1 fully saturated rings. The van der Waals surface area contributed by atoms with Crippen molar-refractivity contribution in [1.82, 2.24) is 45.6 Å². The van der Waals surface area contributed by atoms with Gasteiger partial charge in [-0.05, 0) is 96.0 Å².